The first kappa shape index (κ1) is 18.2. The third kappa shape index (κ3) is 2.09. The number of carbonyl (C=O) groups is 1. The van der Waals surface area contributed by atoms with Gasteiger partial charge in [0.05, 0.1) is 11.7 Å². The molecule has 1 aliphatic heterocycles. The van der Waals surface area contributed by atoms with Crippen LogP contribution in [0.15, 0.2) is 12.7 Å². The van der Waals surface area contributed by atoms with Crippen LogP contribution in [0.2, 0.25) is 0 Å². The van der Waals surface area contributed by atoms with Gasteiger partial charge >= 0.3 is 5.97 Å². The Balaban J connectivity index is 1.44. The molecule has 0 aromatic heterocycles. The van der Waals surface area contributed by atoms with Crippen LogP contribution in [0.3, 0.4) is 0 Å². The van der Waals surface area contributed by atoms with Crippen LogP contribution in [0.25, 0.3) is 0 Å². The average molecular weight is 375 g/mol. The lowest BCUT2D eigenvalue weighted by Gasteiger charge is -2.60. The molecule has 4 heteroatoms. The predicted molar refractivity (Wildman–Crippen MR) is 102 cm³/mol. The number of fused-ring (bicyclic) bond motifs is 4. The Morgan fingerprint density at radius 1 is 1.15 bits per heavy atom. The zero-order valence-electron chi connectivity index (χ0n) is 17.0. The van der Waals surface area contributed by atoms with Crippen molar-refractivity contribution < 1.29 is 19.4 Å². The van der Waals surface area contributed by atoms with Crippen LogP contribution in [0.5, 0.6) is 0 Å². The van der Waals surface area contributed by atoms with Gasteiger partial charge in [0.15, 0.2) is 0 Å². The maximum Gasteiger partial charge on any atom is 0.302 e. The second kappa shape index (κ2) is 5.38. The summed E-state index contributed by atoms with van der Waals surface area (Å²) in [4.78, 5) is 11.5. The Morgan fingerprint density at radius 3 is 2.52 bits per heavy atom. The van der Waals surface area contributed by atoms with Crippen LogP contribution in [-0.4, -0.2) is 34.5 Å². The molecule has 4 aliphatic carbocycles. The van der Waals surface area contributed by atoms with E-state index in [1.807, 2.05) is 6.08 Å². The van der Waals surface area contributed by atoms with E-state index in [0.717, 1.165) is 44.9 Å². The molecule has 150 valence electrons. The van der Waals surface area contributed by atoms with Crippen molar-refractivity contribution in [1.82, 2.24) is 0 Å². The fourth-order valence-electron chi connectivity index (χ4n) is 8.36. The molecule has 9 atom stereocenters. The van der Waals surface area contributed by atoms with Gasteiger partial charge in [0.2, 0.25) is 0 Å². The van der Waals surface area contributed by atoms with Crippen LogP contribution in [0, 0.1) is 28.6 Å². The van der Waals surface area contributed by atoms with E-state index in [9.17, 15) is 9.90 Å². The number of hydrogen-bond acceptors (Lipinski definition) is 4. The van der Waals surface area contributed by atoms with E-state index in [4.69, 9.17) is 9.47 Å². The largest absolute Gasteiger partial charge is 0.462 e. The standard InChI is InChI=1S/C23H34O4/c1-5-22(25)11-8-17-16-12-19-23(27-19)13-15(26-14(2)24)6-9-21(23,4)18(16)7-10-20(17,22)3/h5,15-19,25H,1,6-13H2,2-4H3/t15-,16+,17+,18-,19+,20-,21+,22+,23+/m1/s1. The summed E-state index contributed by atoms with van der Waals surface area (Å²) in [6.07, 6.45) is 10.4. The maximum atomic E-state index is 11.5. The summed E-state index contributed by atoms with van der Waals surface area (Å²) < 4.78 is 12.0. The fourth-order valence-corrected chi connectivity index (χ4v) is 8.36. The second-order valence-electron chi connectivity index (χ2n) is 10.6. The van der Waals surface area contributed by atoms with Gasteiger partial charge in [-0.05, 0) is 62.7 Å². The van der Waals surface area contributed by atoms with Crippen LogP contribution in [0.1, 0.15) is 72.1 Å². The molecule has 27 heavy (non-hydrogen) atoms. The summed E-state index contributed by atoms with van der Waals surface area (Å²) in [6, 6.07) is 0. The van der Waals surface area contributed by atoms with Gasteiger partial charge in [0.25, 0.3) is 0 Å². The van der Waals surface area contributed by atoms with Crippen molar-refractivity contribution in [2.45, 2.75) is 95.5 Å². The van der Waals surface area contributed by atoms with Crippen molar-refractivity contribution in [3.63, 3.8) is 0 Å². The lowest BCUT2D eigenvalue weighted by atomic mass is 9.44. The molecule has 4 nitrogen and oxygen atoms in total. The molecule has 0 aromatic carbocycles. The van der Waals surface area contributed by atoms with E-state index in [1.165, 1.54) is 13.3 Å². The zero-order chi connectivity index (χ0) is 19.2. The molecular weight excluding hydrogens is 340 g/mol. The van der Waals surface area contributed by atoms with Gasteiger partial charge in [-0.1, -0.05) is 19.9 Å². The first-order chi connectivity index (χ1) is 12.7. The average Bonchev–Trinajstić information content (AvgIpc) is 3.24. The molecule has 0 amide bonds. The van der Waals surface area contributed by atoms with Crippen molar-refractivity contribution in [3.05, 3.63) is 12.7 Å². The van der Waals surface area contributed by atoms with E-state index in [0.29, 0.717) is 23.9 Å². The molecule has 0 radical (unpaired) electrons. The maximum absolute atomic E-state index is 11.5. The van der Waals surface area contributed by atoms with E-state index in [-0.39, 0.29) is 28.5 Å². The molecule has 4 saturated carbocycles. The molecule has 5 rings (SSSR count). The zero-order valence-corrected chi connectivity index (χ0v) is 17.0. The lowest BCUT2D eigenvalue weighted by molar-refractivity contribution is -0.160. The minimum atomic E-state index is -0.713. The van der Waals surface area contributed by atoms with Crippen molar-refractivity contribution in [2.75, 3.05) is 0 Å². The van der Waals surface area contributed by atoms with E-state index < -0.39 is 5.60 Å². The van der Waals surface area contributed by atoms with Crippen LogP contribution in [0.4, 0.5) is 0 Å². The number of rotatable bonds is 2. The van der Waals surface area contributed by atoms with Crippen LogP contribution >= 0.6 is 0 Å². The molecule has 1 heterocycles. The first-order valence-electron chi connectivity index (χ1n) is 10.9. The van der Waals surface area contributed by atoms with Gasteiger partial charge in [-0.2, -0.15) is 0 Å². The SMILES string of the molecule is C=C[C@]1(O)CC[C@H]2[C@@H]3C[C@@H]4O[C@@]45C[C@H](OC(C)=O)CC[C@@]5(C)[C@@H]3CC[C@]21C. The normalized spacial score (nSPS) is 58.3. The third-order valence-electron chi connectivity index (χ3n) is 9.93. The van der Waals surface area contributed by atoms with Crippen LogP contribution < -0.4 is 0 Å². The number of hydrogen-bond donors (Lipinski definition) is 1. The molecule has 1 saturated heterocycles. The Morgan fingerprint density at radius 2 is 1.81 bits per heavy atom. The summed E-state index contributed by atoms with van der Waals surface area (Å²) in [7, 11) is 0. The van der Waals surface area contributed by atoms with Gasteiger partial charge < -0.3 is 14.6 Å². The number of carbonyl (C=O) groups excluding carboxylic acids is 1. The molecule has 0 bridgehead atoms. The first-order valence-corrected chi connectivity index (χ1v) is 10.9. The summed E-state index contributed by atoms with van der Waals surface area (Å²) in [5.41, 5.74) is -0.660. The molecule has 5 aliphatic rings. The summed E-state index contributed by atoms with van der Waals surface area (Å²) in [6.45, 7) is 10.2. The second-order valence-corrected chi connectivity index (χ2v) is 10.6. The van der Waals surface area contributed by atoms with Gasteiger partial charge in [-0.3, -0.25) is 4.79 Å². The summed E-state index contributed by atoms with van der Waals surface area (Å²) >= 11 is 0. The van der Waals surface area contributed by atoms with Crippen molar-refractivity contribution >= 4 is 5.97 Å². The number of ether oxygens (including phenoxy) is 2. The van der Waals surface area contributed by atoms with E-state index in [1.54, 1.807) is 0 Å². The monoisotopic (exact) mass is 374 g/mol. The fraction of sp³-hybridized carbons (Fsp3) is 0.870. The number of epoxide rings is 1. The number of aliphatic hydroxyl groups is 1. The Bertz CT molecular complexity index is 690. The molecule has 1 N–H and O–H groups in total. The molecule has 1 spiro atoms. The van der Waals surface area contributed by atoms with Gasteiger partial charge in [-0.25, -0.2) is 0 Å². The Kier molecular flexibility index (Phi) is 3.62. The molecule has 0 aromatic rings. The minimum Gasteiger partial charge on any atom is -0.462 e. The predicted octanol–water partition coefficient (Wildman–Crippen LogP) is 4.01. The Hall–Kier alpha value is -0.870. The van der Waals surface area contributed by atoms with E-state index >= 15 is 0 Å². The van der Waals surface area contributed by atoms with Crippen molar-refractivity contribution in [2.24, 2.45) is 28.6 Å². The van der Waals surface area contributed by atoms with Gasteiger partial charge in [0.1, 0.15) is 11.7 Å². The Labute approximate surface area is 162 Å². The smallest absolute Gasteiger partial charge is 0.302 e. The molecule has 0 unspecified atom stereocenters. The molecule has 5 fully saturated rings. The topological polar surface area (TPSA) is 59.1 Å². The summed E-state index contributed by atoms with van der Waals surface area (Å²) in [5, 5.41) is 11.2. The third-order valence-corrected chi connectivity index (χ3v) is 9.93. The van der Waals surface area contributed by atoms with Gasteiger partial charge in [0, 0.05) is 24.2 Å². The quantitative estimate of drug-likeness (QED) is 0.451. The minimum absolute atomic E-state index is 0.0170. The van der Waals surface area contributed by atoms with Crippen molar-refractivity contribution in [3.8, 4) is 0 Å². The highest BCUT2D eigenvalue weighted by Crippen LogP contribution is 2.74. The highest BCUT2D eigenvalue weighted by atomic mass is 16.6. The number of esters is 1. The van der Waals surface area contributed by atoms with Crippen LogP contribution in [-0.2, 0) is 14.3 Å². The van der Waals surface area contributed by atoms with Crippen molar-refractivity contribution in [1.29, 1.82) is 0 Å². The summed E-state index contributed by atoms with van der Waals surface area (Å²) in [5.74, 6) is 1.67. The van der Waals surface area contributed by atoms with E-state index in [2.05, 4.69) is 20.4 Å². The highest BCUT2D eigenvalue weighted by molar-refractivity contribution is 5.66. The molecular formula is C23H34O4. The van der Waals surface area contributed by atoms with Gasteiger partial charge in [-0.15, -0.1) is 6.58 Å². The highest BCUT2D eigenvalue weighted by Gasteiger charge is 2.77. The lowest BCUT2D eigenvalue weighted by Crippen LogP contribution is -2.60.